The molecule has 11 nitrogen and oxygen atoms in total. The van der Waals surface area contributed by atoms with Gasteiger partial charge in [-0.2, -0.15) is 92.2 Å². The van der Waals surface area contributed by atoms with Crippen LogP contribution in [-0.2, 0) is 38.8 Å². The Balaban J connectivity index is 1.57. The predicted molar refractivity (Wildman–Crippen MR) is 276 cm³/mol. The van der Waals surface area contributed by atoms with E-state index in [1.807, 2.05) is 0 Å². The first-order chi connectivity index (χ1) is 45.7. The van der Waals surface area contributed by atoms with Crippen LogP contribution in [0.15, 0.2) is 42.5 Å². The van der Waals surface area contributed by atoms with Gasteiger partial charge in [-0.1, -0.05) is 0 Å². The highest BCUT2D eigenvalue weighted by atomic mass is 19.5. The number of carbonyl (C=O) groups excluding carboxylic acids is 1. The fraction of sp³-hybridized carbons (Fsp3) is 0.316. The number of benzene rings is 5. The zero-order valence-corrected chi connectivity index (χ0v) is 49.0. The van der Waals surface area contributed by atoms with E-state index in [2.05, 4.69) is 39.6 Å². The maximum Gasteiger partial charge on any atom is 0.436 e. The number of carbonyl (C=O) groups is 1. The van der Waals surface area contributed by atoms with Gasteiger partial charge in [0.25, 0.3) is 6.47 Å². The molecule has 0 aliphatic carbocycles. The molecular weight excluding hydrogens is 1470 g/mol. The van der Waals surface area contributed by atoms with Crippen LogP contribution in [0.5, 0.6) is 17.2 Å². The Bertz CT molecular complexity index is 4960. The van der Waals surface area contributed by atoms with Crippen LogP contribution >= 0.6 is 0 Å². The van der Waals surface area contributed by atoms with E-state index in [4.69, 9.17) is 4.74 Å². The van der Waals surface area contributed by atoms with Crippen molar-refractivity contribution in [3.05, 3.63) is 111 Å². The van der Waals surface area contributed by atoms with Crippen molar-refractivity contribution < 1.29 is 159 Å². The van der Waals surface area contributed by atoms with E-state index in [1.54, 1.807) is 0 Å². The fourth-order valence-electron chi connectivity index (χ4n) is 11.0. The normalized spacial score (nSPS) is 15.7. The lowest BCUT2D eigenvalue weighted by atomic mass is 9.79. The fourth-order valence-corrected chi connectivity index (χ4v) is 11.0. The van der Waals surface area contributed by atoms with E-state index in [1.165, 1.54) is 0 Å². The van der Waals surface area contributed by atoms with Crippen molar-refractivity contribution >= 4 is 50.6 Å². The van der Waals surface area contributed by atoms with E-state index < -0.39 is 262 Å². The number of aromatic nitrogens is 8. The lowest BCUT2D eigenvalue weighted by Gasteiger charge is -2.36. The molecule has 5 heterocycles. The van der Waals surface area contributed by atoms with Crippen LogP contribution in [0.1, 0.15) is 68.0 Å². The highest BCUT2D eigenvalue weighted by Crippen LogP contribution is 2.63. The molecule has 8 bridgehead atoms. The summed E-state index contributed by atoms with van der Waals surface area (Å²) in [6.07, 6.45) is -53.2. The van der Waals surface area contributed by atoms with Crippen LogP contribution in [0.4, 0.5) is 145 Å². The summed E-state index contributed by atoms with van der Waals surface area (Å²) in [4.78, 5) is 34.6. The number of aromatic amines is 2. The number of alkyl halides is 27. The molecule has 0 unspecified atom stereocenters. The molecule has 44 heteroatoms. The van der Waals surface area contributed by atoms with Gasteiger partial charge in [-0.05, 0) is 77.1 Å². The number of hydrogen-bond donors (Lipinski definition) is 2. The summed E-state index contributed by atoms with van der Waals surface area (Å²) >= 11 is 0. The number of rotatable bonds is 10. The van der Waals surface area contributed by atoms with Crippen LogP contribution in [0.3, 0.4) is 0 Å². The van der Waals surface area contributed by atoms with Crippen molar-refractivity contribution in [1.29, 1.82) is 0 Å². The molecule has 3 aromatic heterocycles. The molecule has 5 aromatic carbocycles. The molecule has 8 aromatic rings. The maximum absolute atomic E-state index is 17.8. The van der Waals surface area contributed by atoms with Gasteiger partial charge in [-0.25, -0.2) is 82.6 Å². The summed E-state index contributed by atoms with van der Waals surface area (Å²) in [7, 11) is 0. The first-order valence-corrected chi connectivity index (χ1v) is 26.8. The monoisotopic (exact) mass is 1500 g/mol. The molecule has 0 radical (unpaired) electrons. The number of H-pyrrole nitrogens is 2. The average Bonchev–Trinajstić information content (AvgIpc) is 1.69. The van der Waals surface area contributed by atoms with Gasteiger partial charge in [0.2, 0.25) is 17.0 Å². The van der Waals surface area contributed by atoms with Gasteiger partial charge in [0.05, 0.1) is 44.2 Å². The summed E-state index contributed by atoms with van der Waals surface area (Å²) in [5, 5.41) is -7.60. The van der Waals surface area contributed by atoms with Crippen LogP contribution in [0, 0.1) is 34.9 Å². The molecule has 0 spiro atoms. The smallest absolute Gasteiger partial charge is 0.436 e. The van der Waals surface area contributed by atoms with Crippen molar-refractivity contribution in [2.45, 2.75) is 112 Å². The standard InChI is InChI=1S/C57H25F33N8O3/c1-45(2,64)25-26(46(3,65)51(70,71)72)32(59)20-19(31(25)58)39-92-37-17-11-10-16(101-15-8-6-14(7-9-15)100-13-99)12-18(17)38(91-37)93-40-21-23(35(62)29(49(68,54(79,80)81)55(82,83)84)27(33(21)60)47(4,66)52(73,74)75)43(95-40)98-44-24-22(42(97-44)96-41(20)94-39)34(61)28(48(5,67)53(76,77)78)30(36(24)63)50(69,56(85,86)87)57(88,89)90/h6-13H,1-5H3,(H2,91,92,93,94,95,96,97,98)/t46-,47+,48-/m1/s1. The first-order valence-electron chi connectivity index (χ1n) is 26.8. The van der Waals surface area contributed by atoms with Crippen molar-refractivity contribution in [2.24, 2.45) is 0 Å². The molecule has 2 aliphatic heterocycles. The molecule has 2 N–H and O–H groups in total. The number of ether oxygens (including phenoxy) is 2. The predicted octanol–water partition coefficient (Wildman–Crippen LogP) is 20.1. The molecule has 542 valence electrons. The number of hydrogen-bond acceptors (Lipinski definition) is 9. The Morgan fingerprint density at radius 2 is 0.614 bits per heavy atom. The van der Waals surface area contributed by atoms with Gasteiger partial charge in [0.1, 0.15) is 80.4 Å². The van der Waals surface area contributed by atoms with E-state index in [0.29, 0.717) is 6.07 Å². The second-order valence-corrected chi connectivity index (χ2v) is 22.8. The van der Waals surface area contributed by atoms with Crippen molar-refractivity contribution in [1.82, 2.24) is 39.9 Å². The van der Waals surface area contributed by atoms with E-state index in [-0.39, 0.29) is 31.8 Å². The Hall–Kier alpha value is -9.58. The summed E-state index contributed by atoms with van der Waals surface area (Å²) in [5.74, 6) is -31.5. The van der Waals surface area contributed by atoms with Gasteiger partial charge < -0.3 is 19.4 Å². The largest absolute Gasteiger partial charge is 0.457 e. The molecule has 0 fully saturated rings. The number of fused-ring (bicyclic) bond motifs is 20. The first kappa shape index (κ1) is 74.1. The molecule has 3 atom stereocenters. The van der Waals surface area contributed by atoms with Gasteiger partial charge in [-0.3, -0.25) is 4.79 Å². The second kappa shape index (κ2) is 22.5. The molecule has 0 amide bonds. The van der Waals surface area contributed by atoms with Crippen molar-refractivity contribution in [3.63, 3.8) is 0 Å². The third-order valence-corrected chi connectivity index (χ3v) is 15.9. The van der Waals surface area contributed by atoms with Gasteiger partial charge in [-0.15, -0.1) is 0 Å². The maximum atomic E-state index is 17.8. The highest BCUT2D eigenvalue weighted by molar-refractivity contribution is 6.08. The Labute approximate surface area is 534 Å². The Morgan fingerprint density at radius 1 is 0.327 bits per heavy atom. The molecule has 10 rings (SSSR count). The summed E-state index contributed by atoms with van der Waals surface area (Å²) in [6, 6.07) is 6.42. The van der Waals surface area contributed by atoms with Crippen LogP contribution in [-0.4, -0.2) is 89.6 Å². The number of nitrogens with one attached hydrogen (secondary N) is 2. The van der Waals surface area contributed by atoms with Crippen LogP contribution in [0.2, 0.25) is 0 Å². The topological polar surface area (TPSA) is 144 Å². The molecular formula is C57H25F33N8O3. The van der Waals surface area contributed by atoms with Crippen LogP contribution in [0.25, 0.3) is 89.7 Å². The van der Waals surface area contributed by atoms with Gasteiger partial charge in [0.15, 0.2) is 23.3 Å². The van der Waals surface area contributed by atoms with E-state index >= 15 is 52.7 Å². The highest BCUT2D eigenvalue weighted by Gasteiger charge is 2.79. The molecule has 2 aliphatic rings. The van der Waals surface area contributed by atoms with E-state index in [0.717, 1.165) is 41.4 Å². The summed E-state index contributed by atoms with van der Waals surface area (Å²) in [6.45, 7) is -2.81. The molecule has 0 saturated heterocycles. The zero-order valence-electron chi connectivity index (χ0n) is 49.0. The minimum atomic E-state index is -8.08. The van der Waals surface area contributed by atoms with Crippen molar-refractivity contribution in [2.75, 3.05) is 0 Å². The second-order valence-electron chi connectivity index (χ2n) is 22.8. The minimum Gasteiger partial charge on any atom is -0.457 e. The minimum absolute atomic E-state index is 0.0551. The van der Waals surface area contributed by atoms with Crippen LogP contribution < -0.4 is 9.47 Å². The number of halogens is 33. The zero-order chi connectivity index (χ0) is 76.1. The summed E-state index contributed by atoms with van der Waals surface area (Å²) in [5.41, 5.74) is -77.8. The lowest BCUT2D eigenvalue weighted by Crippen LogP contribution is -2.53. The molecule has 101 heavy (non-hydrogen) atoms. The Kier molecular flexibility index (Phi) is 16.5. The number of nitrogens with zero attached hydrogens (tertiary/aromatic N) is 6. The Morgan fingerprint density at radius 3 is 0.970 bits per heavy atom. The van der Waals surface area contributed by atoms with Gasteiger partial charge >= 0.3 is 54.6 Å². The summed E-state index contributed by atoms with van der Waals surface area (Å²) < 4.78 is 527. The third-order valence-electron chi connectivity index (χ3n) is 15.9. The lowest BCUT2D eigenvalue weighted by molar-refractivity contribution is -0.351. The van der Waals surface area contributed by atoms with E-state index in [9.17, 15) is 97.0 Å². The SMILES string of the molecule is CC(C)(F)c1c(F)c2c(c(F)c1[C@@](C)(F)C(F)(F)F)-c1nc-2nc2[nH]c(nc3nc(nc4[nH]c(n1)c1c(F)c([C@@](C)(F)C(F)(F)F)c(C(F)(C(F)(F)F)C(F)(F)F)c(F)c41)-c1c(F)c(C(F)(C(F)(F)F)C(F)(F)F)c([C@](C)(F)C(F)(F)F)c(F)c1-3)c1cc(Oc3ccc(OC=O)cc3)ccc21. The quantitative estimate of drug-likeness (QED) is 0.101. The third kappa shape index (κ3) is 10.8. The average molecular weight is 1500 g/mol. The van der Waals surface area contributed by atoms with Gasteiger partial charge in [0, 0.05) is 33.0 Å². The van der Waals surface area contributed by atoms with Crippen molar-refractivity contribution in [3.8, 4) is 62.8 Å². The molecule has 0 saturated carbocycles.